The van der Waals surface area contributed by atoms with E-state index in [0.29, 0.717) is 12.6 Å². The van der Waals surface area contributed by atoms with E-state index in [-0.39, 0.29) is 29.9 Å². The maximum absolute atomic E-state index is 11.8. The highest BCUT2D eigenvalue weighted by atomic mass is 127. The molecule has 1 saturated carbocycles. The number of halogens is 1. The third-order valence-electron chi connectivity index (χ3n) is 4.76. The molecule has 0 bridgehead atoms. The second-order valence-electron chi connectivity index (χ2n) is 7.40. The van der Waals surface area contributed by atoms with Crippen LogP contribution in [0.1, 0.15) is 53.4 Å². The minimum atomic E-state index is -0.459. The van der Waals surface area contributed by atoms with Gasteiger partial charge in [-0.1, -0.05) is 26.7 Å². The first-order chi connectivity index (χ1) is 10.3. The Bertz CT molecular complexity index is 396. The summed E-state index contributed by atoms with van der Waals surface area (Å²) in [5, 5.41) is 9.53. The van der Waals surface area contributed by atoms with Gasteiger partial charge in [-0.05, 0) is 38.5 Å². The third-order valence-corrected chi connectivity index (χ3v) is 4.76. The van der Waals surface area contributed by atoms with Crippen LogP contribution in [0.25, 0.3) is 0 Å². The SMILES string of the molecule is CN=C(NCC(C)(C)C(=O)NC)NC1CCCC(C(C)C)C1.I. The molecule has 0 aromatic heterocycles. The Labute approximate surface area is 158 Å². The molecular formula is C17H35IN4O. The molecule has 0 radical (unpaired) electrons. The molecule has 0 aromatic carbocycles. The van der Waals surface area contributed by atoms with Crippen LogP contribution < -0.4 is 16.0 Å². The fraction of sp³-hybridized carbons (Fsp3) is 0.882. The van der Waals surface area contributed by atoms with Gasteiger partial charge in [-0.25, -0.2) is 0 Å². The molecule has 0 aliphatic heterocycles. The zero-order valence-electron chi connectivity index (χ0n) is 15.5. The van der Waals surface area contributed by atoms with Crippen LogP contribution in [0.3, 0.4) is 0 Å². The van der Waals surface area contributed by atoms with E-state index in [4.69, 9.17) is 0 Å². The molecule has 2 atom stereocenters. The van der Waals surface area contributed by atoms with Gasteiger partial charge in [0.25, 0.3) is 0 Å². The quantitative estimate of drug-likeness (QED) is 0.352. The summed E-state index contributed by atoms with van der Waals surface area (Å²) in [5.74, 6) is 2.37. The van der Waals surface area contributed by atoms with Crippen LogP contribution in [0.15, 0.2) is 4.99 Å². The lowest BCUT2D eigenvalue weighted by Crippen LogP contribution is -2.50. The Morgan fingerprint density at radius 1 is 1.30 bits per heavy atom. The molecule has 136 valence electrons. The van der Waals surface area contributed by atoms with Gasteiger partial charge in [0, 0.05) is 26.7 Å². The summed E-state index contributed by atoms with van der Waals surface area (Å²) in [4.78, 5) is 16.1. The first-order valence-corrected chi connectivity index (χ1v) is 8.49. The Kier molecular flexibility index (Phi) is 10.1. The van der Waals surface area contributed by atoms with Gasteiger partial charge >= 0.3 is 0 Å². The number of rotatable bonds is 5. The highest BCUT2D eigenvalue weighted by Crippen LogP contribution is 2.29. The first kappa shape index (κ1) is 22.5. The minimum absolute atomic E-state index is 0. The zero-order chi connectivity index (χ0) is 16.8. The second-order valence-corrected chi connectivity index (χ2v) is 7.40. The van der Waals surface area contributed by atoms with Crippen LogP contribution in [0.4, 0.5) is 0 Å². The highest BCUT2D eigenvalue weighted by Gasteiger charge is 2.28. The van der Waals surface area contributed by atoms with Crippen molar-refractivity contribution in [3.63, 3.8) is 0 Å². The predicted molar refractivity (Wildman–Crippen MR) is 108 cm³/mol. The van der Waals surface area contributed by atoms with Crippen LogP contribution in [0.5, 0.6) is 0 Å². The van der Waals surface area contributed by atoms with Gasteiger partial charge in [0.2, 0.25) is 5.91 Å². The molecule has 1 rings (SSSR count). The number of nitrogens with zero attached hydrogens (tertiary/aromatic N) is 1. The number of hydrogen-bond acceptors (Lipinski definition) is 2. The lowest BCUT2D eigenvalue weighted by molar-refractivity contribution is -0.128. The summed E-state index contributed by atoms with van der Waals surface area (Å²) >= 11 is 0. The van der Waals surface area contributed by atoms with Crippen LogP contribution in [0.2, 0.25) is 0 Å². The predicted octanol–water partition coefficient (Wildman–Crippen LogP) is 2.76. The molecule has 1 fully saturated rings. The average Bonchev–Trinajstić information content (AvgIpc) is 2.50. The summed E-state index contributed by atoms with van der Waals surface area (Å²) in [5.41, 5.74) is -0.459. The van der Waals surface area contributed by atoms with E-state index in [1.54, 1.807) is 14.1 Å². The summed E-state index contributed by atoms with van der Waals surface area (Å²) in [6.45, 7) is 9.05. The van der Waals surface area contributed by atoms with E-state index < -0.39 is 5.41 Å². The van der Waals surface area contributed by atoms with Crippen molar-refractivity contribution in [1.82, 2.24) is 16.0 Å². The minimum Gasteiger partial charge on any atom is -0.359 e. The second kappa shape index (κ2) is 10.4. The molecule has 1 amide bonds. The van der Waals surface area contributed by atoms with E-state index in [1.165, 1.54) is 25.7 Å². The van der Waals surface area contributed by atoms with Gasteiger partial charge in [-0.15, -0.1) is 24.0 Å². The topological polar surface area (TPSA) is 65.5 Å². The van der Waals surface area contributed by atoms with Crippen molar-refractivity contribution in [3.8, 4) is 0 Å². The fourth-order valence-electron chi connectivity index (χ4n) is 3.08. The Morgan fingerprint density at radius 3 is 2.48 bits per heavy atom. The molecule has 0 saturated heterocycles. The van der Waals surface area contributed by atoms with E-state index in [1.807, 2.05) is 13.8 Å². The van der Waals surface area contributed by atoms with Crippen LogP contribution in [0, 0.1) is 17.3 Å². The molecule has 1 aliphatic rings. The lowest BCUT2D eigenvalue weighted by Gasteiger charge is -2.33. The molecule has 0 aromatic rings. The van der Waals surface area contributed by atoms with Gasteiger partial charge < -0.3 is 16.0 Å². The van der Waals surface area contributed by atoms with E-state index in [0.717, 1.165) is 17.8 Å². The summed E-state index contributed by atoms with van der Waals surface area (Å²) < 4.78 is 0. The van der Waals surface area contributed by atoms with E-state index in [9.17, 15) is 4.79 Å². The largest absolute Gasteiger partial charge is 0.359 e. The molecule has 2 unspecified atom stereocenters. The molecule has 6 heteroatoms. The smallest absolute Gasteiger partial charge is 0.227 e. The number of nitrogens with one attached hydrogen (secondary N) is 3. The van der Waals surface area contributed by atoms with Crippen LogP contribution in [-0.4, -0.2) is 38.5 Å². The molecule has 0 spiro atoms. The Hall–Kier alpha value is -0.530. The number of carbonyl (C=O) groups is 1. The van der Waals surface area contributed by atoms with Gasteiger partial charge in [0.15, 0.2) is 5.96 Å². The van der Waals surface area contributed by atoms with Crippen molar-refractivity contribution in [2.45, 2.75) is 59.4 Å². The lowest BCUT2D eigenvalue weighted by atomic mass is 9.79. The summed E-state index contributed by atoms with van der Waals surface area (Å²) in [7, 11) is 3.45. The van der Waals surface area contributed by atoms with E-state index >= 15 is 0 Å². The Balaban J connectivity index is 0.00000484. The van der Waals surface area contributed by atoms with Crippen molar-refractivity contribution in [2.75, 3.05) is 20.6 Å². The van der Waals surface area contributed by atoms with Gasteiger partial charge in [-0.2, -0.15) is 0 Å². The van der Waals surface area contributed by atoms with Crippen LogP contribution >= 0.6 is 24.0 Å². The van der Waals surface area contributed by atoms with Crippen molar-refractivity contribution in [1.29, 1.82) is 0 Å². The molecular weight excluding hydrogens is 403 g/mol. The number of hydrogen-bond donors (Lipinski definition) is 3. The third kappa shape index (κ3) is 7.27. The number of amides is 1. The average molecular weight is 438 g/mol. The highest BCUT2D eigenvalue weighted by molar-refractivity contribution is 14.0. The summed E-state index contributed by atoms with van der Waals surface area (Å²) in [6, 6.07) is 0.482. The standard InChI is InChI=1S/C17H34N4O.HI/c1-12(2)13-8-7-9-14(10-13)21-16(19-6)20-11-17(3,4)15(22)18-5;/h12-14H,7-11H2,1-6H3,(H,18,22)(H2,19,20,21);1H. The van der Waals surface area contributed by atoms with Gasteiger partial charge in [0.1, 0.15) is 0 Å². The molecule has 23 heavy (non-hydrogen) atoms. The van der Waals surface area contributed by atoms with Crippen molar-refractivity contribution >= 4 is 35.8 Å². The fourth-order valence-corrected chi connectivity index (χ4v) is 3.08. The monoisotopic (exact) mass is 438 g/mol. The molecule has 3 N–H and O–H groups in total. The normalized spacial score (nSPS) is 22.3. The maximum Gasteiger partial charge on any atom is 0.227 e. The Morgan fingerprint density at radius 2 is 1.96 bits per heavy atom. The van der Waals surface area contributed by atoms with Crippen molar-refractivity contribution < 1.29 is 4.79 Å². The number of aliphatic imine (C=N–C) groups is 1. The van der Waals surface area contributed by atoms with Gasteiger partial charge in [-0.3, -0.25) is 9.79 Å². The maximum atomic E-state index is 11.8. The van der Waals surface area contributed by atoms with Gasteiger partial charge in [0.05, 0.1) is 5.41 Å². The number of carbonyl (C=O) groups excluding carboxylic acids is 1. The van der Waals surface area contributed by atoms with Crippen LogP contribution in [-0.2, 0) is 4.79 Å². The van der Waals surface area contributed by atoms with Crippen molar-refractivity contribution in [3.05, 3.63) is 0 Å². The number of guanidine groups is 1. The molecule has 5 nitrogen and oxygen atoms in total. The first-order valence-electron chi connectivity index (χ1n) is 8.49. The zero-order valence-corrected chi connectivity index (χ0v) is 17.9. The summed E-state index contributed by atoms with van der Waals surface area (Å²) in [6.07, 6.45) is 5.02. The van der Waals surface area contributed by atoms with E-state index in [2.05, 4.69) is 34.8 Å². The molecule has 0 heterocycles. The van der Waals surface area contributed by atoms with Crippen molar-refractivity contribution in [2.24, 2.45) is 22.2 Å². The molecule has 1 aliphatic carbocycles.